The number of aryl methyl sites for hydroxylation is 2. The highest BCUT2D eigenvalue weighted by molar-refractivity contribution is 5.97. The molecule has 2 heterocycles. The number of carbonyl (C=O) groups is 3. The average molecular weight is 373 g/mol. The van der Waals surface area contributed by atoms with Gasteiger partial charge >= 0.3 is 0 Å². The highest BCUT2D eigenvalue weighted by Crippen LogP contribution is 2.27. The van der Waals surface area contributed by atoms with Gasteiger partial charge in [0.15, 0.2) is 0 Å². The summed E-state index contributed by atoms with van der Waals surface area (Å²) in [5.74, 6) is 0.115. The molecule has 27 heavy (non-hydrogen) atoms. The van der Waals surface area contributed by atoms with Crippen LogP contribution in [0.5, 0.6) is 0 Å². The molecule has 2 fully saturated rings. The Balaban J connectivity index is 1.77. The molecule has 146 valence electrons. The van der Waals surface area contributed by atoms with E-state index in [9.17, 15) is 14.4 Å². The van der Waals surface area contributed by atoms with Crippen LogP contribution in [0.15, 0.2) is 6.07 Å². The van der Waals surface area contributed by atoms with Crippen LogP contribution in [-0.4, -0.2) is 57.8 Å². The van der Waals surface area contributed by atoms with Crippen molar-refractivity contribution in [3.05, 3.63) is 23.3 Å². The standard InChI is InChI=1S/C19H27N5O3/c1-4-20-18(26)16-9-14(23-17(25)13-6-5-7-13)10-24(16)19(27)15-8-11(2)21-12(3)22-15/h8,13-14,16H,4-7,9-10H2,1-3H3,(H,20,26)(H,23,25)/t14-,16-/m0/s1. The highest BCUT2D eigenvalue weighted by atomic mass is 16.2. The molecule has 3 rings (SSSR count). The van der Waals surface area contributed by atoms with Gasteiger partial charge in [-0.15, -0.1) is 0 Å². The van der Waals surface area contributed by atoms with Crippen molar-refractivity contribution < 1.29 is 14.4 Å². The first kappa shape index (κ1) is 19.3. The Morgan fingerprint density at radius 2 is 1.93 bits per heavy atom. The van der Waals surface area contributed by atoms with Crippen LogP contribution in [-0.2, 0) is 9.59 Å². The highest BCUT2D eigenvalue weighted by Gasteiger charge is 2.41. The number of nitrogens with zero attached hydrogens (tertiary/aromatic N) is 3. The second-order valence-corrected chi connectivity index (χ2v) is 7.38. The molecular formula is C19H27N5O3. The summed E-state index contributed by atoms with van der Waals surface area (Å²) in [6.07, 6.45) is 3.33. The molecule has 0 unspecified atom stereocenters. The van der Waals surface area contributed by atoms with Crippen LogP contribution < -0.4 is 10.6 Å². The van der Waals surface area contributed by atoms with Gasteiger partial charge < -0.3 is 15.5 Å². The van der Waals surface area contributed by atoms with Crippen LogP contribution in [0, 0.1) is 19.8 Å². The van der Waals surface area contributed by atoms with Crippen molar-refractivity contribution >= 4 is 17.7 Å². The largest absolute Gasteiger partial charge is 0.355 e. The third-order valence-electron chi connectivity index (χ3n) is 5.22. The Labute approximate surface area is 159 Å². The molecule has 3 amide bonds. The lowest BCUT2D eigenvalue weighted by Gasteiger charge is -2.26. The molecule has 1 saturated carbocycles. The number of hydrogen-bond donors (Lipinski definition) is 2. The minimum Gasteiger partial charge on any atom is -0.355 e. The van der Waals surface area contributed by atoms with Crippen molar-refractivity contribution in [1.29, 1.82) is 0 Å². The lowest BCUT2D eigenvalue weighted by Crippen LogP contribution is -2.46. The number of aromatic nitrogens is 2. The minimum atomic E-state index is -0.611. The number of likely N-dealkylation sites (tertiary alicyclic amines) is 1. The predicted molar refractivity (Wildman–Crippen MR) is 98.9 cm³/mol. The molecule has 1 saturated heterocycles. The fourth-order valence-corrected chi connectivity index (χ4v) is 3.67. The molecule has 1 aliphatic heterocycles. The molecule has 8 heteroatoms. The van der Waals surface area contributed by atoms with E-state index in [-0.39, 0.29) is 35.4 Å². The second-order valence-electron chi connectivity index (χ2n) is 7.38. The maximum absolute atomic E-state index is 13.0. The summed E-state index contributed by atoms with van der Waals surface area (Å²) in [7, 11) is 0. The third-order valence-corrected chi connectivity index (χ3v) is 5.22. The van der Waals surface area contributed by atoms with Gasteiger partial charge in [-0.25, -0.2) is 9.97 Å². The Morgan fingerprint density at radius 1 is 1.19 bits per heavy atom. The zero-order valence-corrected chi connectivity index (χ0v) is 16.1. The summed E-state index contributed by atoms with van der Waals surface area (Å²) in [6, 6.07) is 0.795. The van der Waals surface area contributed by atoms with E-state index in [0.717, 1.165) is 19.3 Å². The van der Waals surface area contributed by atoms with Crippen molar-refractivity contribution in [3.8, 4) is 0 Å². The van der Waals surface area contributed by atoms with Gasteiger partial charge in [0.2, 0.25) is 11.8 Å². The number of amides is 3. The summed E-state index contributed by atoms with van der Waals surface area (Å²) in [5.41, 5.74) is 0.981. The van der Waals surface area contributed by atoms with Crippen LogP contribution in [0.1, 0.15) is 54.6 Å². The molecule has 0 bridgehead atoms. The molecule has 2 N–H and O–H groups in total. The van der Waals surface area contributed by atoms with Gasteiger partial charge in [-0.3, -0.25) is 14.4 Å². The van der Waals surface area contributed by atoms with Gasteiger partial charge in [0.25, 0.3) is 5.91 Å². The number of hydrogen-bond acceptors (Lipinski definition) is 5. The molecule has 0 spiro atoms. The molecular weight excluding hydrogens is 346 g/mol. The van der Waals surface area contributed by atoms with Crippen molar-refractivity contribution in [2.75, 3.05) is 13.1 Å². The van der Waals surface area contributed by atoms with Crippen LogP contribution in [0.2, 0.25) is 0 Å². The van der Waals surface area contributed by atoms with Gasteiger partial charge in [0.1, 0.15) is 17.6 Å². The van der Waals surface area contributed by atoms with Gasteiger partial charge in [-0.1, -0.05) is 6.42 Å². The average Bonchev–Trinajstić information content (AvgIpc) is 2.95. The summed E-state index contributed by atoms with van der Waals surface area (Å²) in [5, 5.41) is 5.81. The summed E-state index contributed by atoms with van der Waals surface area (Å²) in [6.45, 7) is 6.17. The van der Waals surface area contributed by atoms with E-state index in [1.54, 1.807) is 19.9 Å². The van der Waals surface area contributed by atoms with Crippen molar-refractivity contribution in [3.63, 3.8) is 0 Å². The summed E-state index contributed by atoms with van der Waals surface area (Å²) < 4.78 is 0. The summed E-state index contributed by atoms with van der Waals surface area (Å²) in [4.78, 5) is 47.8. The van der Waals surface area contributed by atoms with E-state index in [1.807, 2.05) is 6.92 Å². The van der Waals surface area contributed by atoms with Gasteiger partial charge in [-0.2, -0.15) is 0 Å². The van der Waals surface area contributed by atoms with Crippen LogP contribution in [0.4, 0.5) is 0 Å². The SMILES string of the molecule is CCNC(=O)[C@@H]1C[C@H](NC(=O)C2CCC2)CN1C(=O)c1cc(C)nc(C)n1. The number of rotatable bonds is 5. The molecule has 1 aromatic rings. The number of carbonyl (C=O) groups excluding carboxylic acids is 3. The Hall–Kier alpha value is -2.51. The second kappa shape index (κ2) is 8.02. The normalized spacial score (nSPS) is 22.3. The number of likely N-dealkylation sites (N-methyl/N-ethyl adjacent to an activating group) is 1. The van der Waals surface area contributed by atoms with Gasteiger partial charge in [0, 0.05) is 30.7 Å². The predicted octanol–water partition coefficient (Wildman–Crippen LogP) is 0.729. The first-order valence-corrected chi connectivity index (χ1v) is 9.60. The first-order valence-electron chi connectivity index (χ1n) is 9.60. The molecule has 2 aliphatic rings. The smallest absolute Gasteiger partial charge is 0.273 e. The summed E-state index contributed by atoms with van der Waals surface area (Å²) >= 11 is 0. The number of nitrogens with one attached hydrogen (secondary N) is 2. The molecule has 8 nitrogen and oxygen atoms in total. The minimum absolute atomic E-state index is 0.0314. The Morgan fingerprint density at radius 3 is 2.52 bits per heavy atom. The van der Waals surface area contributed by atoms with Crippen LogP contribution in [0.3, 0.4) is 0 Å². The molecule has 2 atom stereocenters. The zero-order chi connectivity index (χ0) is 19.6. The fourth-order valence-electron chi connectivity index (χ4n) is 3.67. The lowest BCUT2D eigenvalue weighted by molar-refractivity contribution is -0.128. The van der Waals surface area contributed by atoms with E-state index in [0.29, 0.717) is 31.0 Å². The van der Waals surface area contributed by atoms with Crippen molar-refractivity contribution in [2.45, 2.75) is 58.5 Å². The molecule has 0 radical (unpaired) electrons. The van der Waals surface area contributed by atoms with E-state index in [4.69, 9.17) is 0 Å². The quantitative estimate of drug-likeness (QED) is 0.792. The Kier molecular flexibility index (Phi) is 5.72. The van der Waals surface area contributed by atoms with Gasteiger partial charge in [0.05, 0.1) is 0 Å². The molecule has 0 aromatic carbocycles. The van der Waals surface area contributed by atoms with E-state index >= 15 is 0 Å². The maximum Gasteiger partial charge on any atom is 0.273 e. The zero-order valence-electron chi connectivity index (χ0n) is 16.1. The van der Waals surface area contributed by atoms with Crippen molar-refractivity contribution in [2.24, 2.45) is 5.92 Å². The van der Waals surface area contributed by atoms with Crippen molar-refractivity contribution in [1.82, 2.24) is 25.5 Å². The van der Waals surface area contributed by atoms with E-state index in [2.05, 4.69) is 20.6 Å². The fraction of sp³-hybridized carbons (Fsp3) is 0.632. The lowest BCUT2D eigenvalue weighted by atomic mass is 9.84. The maximum atomic E-state index is 13.0. The Bertz CT molecular complexity index is 727. The van der Waals surface area contributed by atoms with Crippen LogP contribution in [0.25, 0.3) is 0 Å². The van der Waals surface area contributed by atoms with Crippen LogP contribution >= 0.6 is 0 Å². The molecule has 1 aliphatic carbocycles. The molecule has 1 aromatic heterocycles. The monoisotopic (exact) mass is 373 g/mol. The van der Waals surface area contributed by atoms with E-state index < -0.39 is 6.04 Å². The topological polar surface area (TPSA) is 104 Å². The van der Waals surface area contributed by atoms with E-state index in [1.165, 1.54) is 4.90 Å². The van der Waals surface area contributed by atoms with Gasteiger partial charge in [-0.05, 0) is 46.1 Å². The first-order chi connectivity index (χ1) is 12.9. The third kappa shape index (κ3) is 4.26.